The number of rotatable bonds is 5. The number of aromatic nitrogens is 4. The Labute approximate surface area is 187 Å². The van der Waals surface area contributed by atoms with Crippen molar-refractivity contribution in [1.82, 2.24) is 19.2 Å². The van der Waals surface area contributed by atoms with Crippen LogP contribution < -0.4 is 10.9 Å². The van der Waals surface area contributed by atoms with Crippen LogP contribution in [0.25, 0.3) is 16.2 Å². The van der Waals surface area contributed by atoms with Crippen LogP contribution in [0.1, 0.15) is 21.6 Å². The van der Waals surface area contributed by atoms with Gasteiger partial charge in [-0.05, 0) is 30.7 Å². The highest BCUT2D eigenvalue weighted by Gasteiger charge is 2.12. The van der Waals surface area contributed by atoms with E-state index in [9.17, 15) is 9.59 Å². The Hall–Kier alpha value is -4.04. The van der Waals surface area contributed by atoms with E-state index >= 15 is 0 Å². The summed E-state index contributed by atoms with van der Waals surface area (Å²) in [6.07, 6.45) is 3.91. The first-order chi connectivity index (χ1) is 15.5. The van der Waals surface area contributed by atoms with Crippen molar-refractivity contribution >= 4 is 27.9 Å². The van der Waals surface area contributed by atoms with Gasteiger partial charge in [-0.2, -0.15) is 5.10 Å². The van der Waals surface area contributed by atoms with Crippen LogP contribution in [0.3, 0.4) is 0 Å². The number of carbonyl (C=O) groups is 1. The highest BCUT2D eigenvalue weighted by molar-refractivity contribution is 7.15. The minimum atomic E-state index is -0.384. The van der Waals surface area contributed by atoms with Gasteiger partial charge in [0.15, 0.2) is 4.96 Å². The number of amides is 1. The SMILES string of the molecule is Cc1ccc(Cn2nc(C(=O)Nc3cccc(-c4cn5ccsc5n4)c3)ccc2=O)cc1. The van der Waals surface area contributed by atoms with Crippen molar-refractivity contribution in [3.05, 3.63) is 106 Å². The number of aryl methyl sites for hydroxylation is 1. The zero-order valence-electron chi connectivity index (χ0n) is 17.2. The molecule has 0 aliphatic carbocycles. The van der Waals surface area contributed by atoms with Crippen molar-refractivity contribution in [2.45, 2.75) is 13.5 Å². The molecule has 0 bridgehead atoms. The number of nitrogens with zero attached hydrogens (tertiary/aromatic N) is 4. The average molecular weight is 442 g/mol. The molecule has 5 rings (SSSR count). The van der Waals surface area contributed by atoms with Gasteiger partial charge in [-0.3, -0.25) is 14.0 Å². The molecule has 3 aromatic heterocycles. The van der Waals surface area contributed by atoms with Gasteiger partial charge in [-0.15, -0.1) is 11.3 Å². The molecule has 3 heterocycles. The van der Waals surface area contributed by atoms with Gasteiger partial charge < -0.3 is 5.32 Å². The molecule has 0 atom stereocenters. The fourth-order valence-corrected chi connectivity index (χ4v) is 4.07. The first kappa shape index (κ1) is 19.9. The van der Waals surface area contributed by atoms with Crippen molar-refractivity contribution in [2.24, 2.45) is 0 Å². The summed E-state index contributed by atoms with van der Waals surface area (Å²) in [4.78, 5) is 30.6. The molecule has 5 aromatic rings. The van der Waals surface area contributed by atoms with Gasteiger partial charge in [0.1, 0.15) is 5.69 Å². The Morgan fingerprint density at radius 1 is 1.09 bits per heavy atom. The normalized spacial score (nSPS) is 11.0. The molecule has 7 nitrogen and oxygen atoms in total. The first-order valence-corrected chi connectivity index (χ1v) is 10.9. The summed E-state index contributed by atoms with van der Waals surface area (Å²) >= 11 is 1.56. The Kier molecular flexibility index (Phi) is 5.12. The van der Waals surface area contributed by atoms with Crippen LogP contribution in [0.2, 0.25) is 0 Å². The van der Waals surface area contributed by atoms with Crippen LogP contribution in [0.5, 0.6) is 0 Å². The van der Waals surface area contributed by atoms with Crippen molar-refractivity contribution in [3.8, 4) is 11.3 Å². The first-order valence-electron chi connectivity index (χ1n) is 10.0. The number of nitrogens with one attached hydrogen (secondary N) is 1. The molecular formula is C24H19N5O2S. The van der Waals surface area contributed by atoms with Gasteiger partial charge in [-0.25, -0.2) is 9.67 Å². The number of imidazole rings is 1. The number of thiazole rings is 1. The molecule has 0 aliphatic rings. The van der Waals surface area contributed by atoms with Gasteiger partial charge in [0.05, 0.1) is 12.2 Å². The largest absolute Gasteiger partial charge is 0.321 e. The molecule has 0 radical (unpaired) electrons. The minimum absolute atomic E-state index is 0.171. The van der Waals surface area contributed by atoms with E-state index in [1.807, 2.05) is 77.6 Å². The fourth-order valence-electron chi connectivity index (χ4n) is 3.37. The maximum absolute atomic E-state index is 12.8. The molecule has 8 heteroatoms. The predicted molar refractivity (Wildman–Crippen MR) is 125 cm³/mol. The smallest absolute Gasteiger partial charge is 0.276 e. The molecule has 158 valence electrons. The van der Waals surface area contributed by atoms with E-state index in [0.717, 1.165) is 27.3 Å². The van der Waals surface area contributed by atoms with Crippen molar-refractivity contribution in [2.75, 3.05) is 5.32 Å². The van der Waals surface area contributed by atoms with Gasteiger partial charge >= 0.3 is 0 Å². The standard InChI is InChI=1S/C24H19N5O2S/c1-16-5-7-17(8-6-16)14-29-22(30)10-9-20(27-29)23(31)25-19-4-2-3-18(13-19)21-15-28-11-12-32-24(28)26-21/h2-13,15H,14H2,1H3,(H,25,31). The molecule has 2 aromatic carbocycles. The molecule has 0 unspecified atom stereocenters. The summed E-state index contributed by atoms with van der Waals surface area (Å²) < 4.78 is 3.26. The summed E-state index contributed by atoms with van der Waals surface area (Å²) in [5, 5.41) is 9.11. The van der Waals surface area contributed by atoms with E-state index in [1.165, 1.54) is 16.8 Å². The Bertz CT molecular complexity index is 1450. The number of carbonyl (C=O) groups excluding carboxylic acids is 1. The number of hydrogen-bond acceptors (Lipinski definition) is 5. The second-order valence-corrected chi connectivity index (χ2v) is 8.33. The van der Waals surface area contributed by atoms with Crippen molar-refractivity contribution in [3.63, 3.8) is 0 Å². The Morgan fingerprint density at radius 2 is 1.94 bits per heavy atom. The van der Waals surface area contributed by atoms with Crippen LogP contribution in [0.4, 0.5) is 5.69 Å². The summed E-state index contributed by atoms with van der Waals surface area (Å²) in [6, 6.07) is 18.1. The predicted octanol–water partition coefficient (Wildman–Crippen LogP) is 4.23. The quantitative estimate of drug-likeness (QED) is 0.443. The zero-order chi connectivity index (χ0) is 22.1. The Balaban J connectivity index is 1.36. The number of hydrogen-bond donors (Lipinski definition) is 1. The molecule has 32 heavy (non-hydrogen) atoms. The molecule has 0 aliphatic heterocycles. The van der Waals surface area contributed by atoms with E-state index in [4.69, 9.17) is 0 Å². The summed E-state index contributed by atoms with van der Waals surface area (Å²) in [6.45, 7) is 2.30. The van der Waals surface area contributed by atoms with E-state index < -0.39 is 0 Å². The highest BCUT2D eigenvalue weighted by atomic mass is 32.1. The maximum Gasteiger partial charge on any atom is 0.276 e. The number of fused-ring (bicyclic) bond motifs is 1. The molecule has 1 amide bonds. The van der Waals surface area contributed by atoms with E-state index in [2.05, 4.69) is 15.4 Å². The lowest BCUT2D eigenvalue weighted by Gasteiger charge is -2.09. The zero-order valence-corrected chi connectivity index (χ0v) is 18.0. The third-order valence-corrected chi connectivity index (χ3v) is 5.83. The highest BCUT2D eigenvalue weighted by Crippen LogP contribution is 2.24. The number of benzene rings is 2. The van der Waals surface area contributed by atoms with E-state index in [1.54, 1.807) is 11.3 Å². The van der Waals surface area contributed by atoms with Crippen molar-refractivity contribution < 1.29 is 4.79 Å². The van der Waals surface area contributed by atoms with Crippen LogP contribution >= 0.6 is 11.3 Å². The van der Waals surface area contributed by atoms with Crippen LogP contribution in [0.15, 0.2) is 83.2 Å². The molecule has 1 N–H and O–H groups in total. The molecular weight excluding hydrogens is 422 g/mol. The minimum Gasteiger partial charge on any atom is -0.321 e. The number of anilines is 1. The summed E-state index contributed by atoms with van der Waals surface area (Å²) in [7, 11) is 0. The van der Waals surface area contributed by atoms with Crippen LogP contribution in [0, 0.1) is 6.92 Å². The lowest BCUT2D eigenvalue weighted by atomic mass is 10.1. The molecule has 0 spiro atoms. The molecule has 0 fully saturated rings. The van der Waals surface area contributed by atoms with Gasteiger partial charge in [-0.1, -0.05) is 42.0 Å². The van der Waals surface area contributed by atoms with E-state index in [0.29, 0.717) is 12.2 Å². The van der Waals surface area contributed by atoms with Gasteiger partial charge in [0.2, 0.25) is 0 Å². The second-order valence-electron chi connectivity index (χ2n) is 7.45. The monoisotopic (exact) mass is 441 g/mol. The lowest BCUT2D eigenvalue weighted by Crippen LogP contribution is -2.26. The lowest BCUT2D eigenvalue weighted by molar-refractivity contribution is 0.102. The van der Waals surface area contributed by atoms with E-state index in [-0.39, 0.29) is 17.2 Å². The van der Waals surface area contributed by atoms with Gasteiger partial charge in [0, 0.05) is 35.1 Å². The topological polar surface area (TPSA) is 81.3 Å². The van der Waals surface area contributed by atoms with Crippen molar-refractivity contribution in [1.29, 1.82) is 0 Å². The summed E-state index contributed by atoms with van der Waals surface area (Å²) in [5.41, 5.74) is 4.35. The second kappa shape index (κ2) is 8.24. The fraction of sp³-hybridized carbons (Fsp3) is 0.0833. The third-order valence-electron chi connectivity index (χ3n) is 5.06. The maximum atomic E-state index is 12.8. The van der Waals surface area contributed by atoms with Gasteiger partial charge in [0.25, 0.3) is 11.5 Å². The third kappa shape index (κ3) is 4.08. The molecule has 0 saturated carbocycles. The van der Waals surface area contributed by atoms with Crippen LogP contribution in [-0.2, 0) is 6.54 Å². The Morgan fingerprint density at radius 3 is 2.75 bits per heavy atom. The summed E-state index contributed by atoms with van der Waals surface area (Å²) in [5.74, 6) is -0.384. The average Bonchev–Trinajstić information content (AvgIpc) is 3.39. The molecule has 0 saturated heterocycles. The van der Waals surface area contributed by atoms with Crippen LogP contribution in [-0.4, -0.2) is 25.1 Å².